The summed E-state index contributed by atoms with van der Waals surface area (Å²) in [4.78, 5) is 12.2. The van der Waals surface area contributed by atoms with E-state index in [1.165, 1.54) is 24.0 Å². The van der Waals surface area contributed by atoms with Crippen molar-refractivity contribution in [2.75, 3.05) is 0 Å². The van der Waals surface area contributed by atoms with Crippen molar-refractivity contribution in [3.63, 3.8) is 0 Å². The van der Waals surface area contributed by atoms with Crippen LogP contribution < -0.4 is 5.32 Å². The van der Waals surface area contributed by atoms with Crippen LogP contribution in [0.15, 0.2) is 42.5 Å². The lowest BCUT2D eigenvalue weighted by Crippen LogP contribution is -2.23. The zero-order chi connectivity index (χ0) is 14.7. The zero-order valence-corrected chi connectivity index (χ0v) is 12.6. The molecule has 0 unspecified atom stereocenters. The topological polar surface area (TPSA) is 29.1 Å². The molecule has 1 amide bonds. The van der Waals surface area contributed by atoms with Crippen molar-refractivity contribution in [1.29, 1.82) is 0 Å². The minimum Gasteiger partial charge on any atom is -0.348 e. The second-order valence-electron chi connectivity index (χ2n) is 5.50. The Bertz CT molecular complexity index is 649. The number of nitrogens with one attached hydrogen (secondary N) is 1. The largest absolute Gasteiger partial charge is 0.348 e. The van der Waals surface area contributed by atoms with E-state index in [0.29, 0.717) is 11.6 Å². The molecule has 108 valence electrons. The molecular formula is C18H18ClNO. The zero-order valence-electron chi connectivity index (χ0n) is 11.9. The standard InChI is InChI=1S/C18H18ClNO/c19-17-9-5-13(6-10-17)12-20-18(21)16-8-7-14-3-1-2-4-15(14)11-16/h5-11H,1-4,12H2,(H,20,21). The van der Waals surface area contributed by atoms with Crippen molar-refractivity contribution in [2.24, 2.45) is 0 Å². The maximum Gasteiger partial charge on any atom is 0.251 e. The molecule has 0 spiro atoms. The van der Waals surface area contributed by atoms with E-state index < -0.39 is 0 Å². The summed E-state index contributed by atoms with van der Waals surface area (Å²) in [7, 11) is 0. The molecule has 2 aromatic rings. The fourth-order valence-electron chi connectivity index (χ4n) is 2.76. The van der Waals surface area contributed by atoms with Crippen LogP contribution in [0, 0.1) is 0 Å². The SMILES string of the molecule is O=C(NCc1ccc(Cl)cc1)c1ccc2c(c1)CCCC2. The molecule has 21 heavy (non-hydrogen) atoms. The third kappa shape index (κ3) is 3.45. The number of aryl methyl sites for hydroxylation is 2. The third-order valence-electron chi connectivity index (χ3n) is 3.98. The Hall–Kier alpha value is -1.80. The Kier molecular flexibility index (Phi) is 4.26. The third-order valence-corrected chi connectivity index (χ3v) is 4.23. The van der Waals surface area contributed by atoms with Gasteiger partial charge in [0.1, 0.15) is 0 Å². The normalized spacial score (nSPS) is 13.6. The molecule has 2 aromatic carbocycles. The number of fused-ring (bicyclic) bond motifs is 1. The van der Waals surface area contributed by atoms with Crippen LogP contribution in [0.25, 0.3) is 0 Å². The minimum absolute atomic E-state index is 0.0154. The Morgan fingerprint density at radius 2 is 1.71 bits per heavy atom. The number of benzene rings is 2. The number of hydrogen-bond donors (Lipinski definition) is 1. The first-order valence-corrected chi connectivity index (χ1v) is 7.74. The Morgan fingerprint density at radius 3 is 2.48 bits per heavy atom. The van der Waals surface area contributed by atoms with E-state index in [4.69, 9.17) is 11.6 Å². The van der Waals surface area contributed by atoms with Gasteiger partial charge in [-0.25, -0.2) is 0 Å². The molecule has 1 N–H and O–H groups in total. The molecule has 0 radical (unpaired) electrons. The molecule has 0 fully saturated rings. The summed E-state index contributed by atoms with van der Waals surface area (Å²) in [6.45, 7) is 0.521. The molecule has 1 aliphatic carbocycles. The summed E-state index contributed by atoms with van der Waals surface area (Å²) in [5.74, 6) is -0.0154. The number of halogens is 1. The molecule has 3 rings (SSSR count). The summed E-state index contributed by atoms with van der Waals surface area (Å²) in [5.41, 5.74) is 4.53. The maximum atomic E-state index is 12.2. The van der Waals surface area contributed by atoms with Gasteiger partial charge in [-0.2, -0.15) is 0 Å². The Labute approximate surface area is 130 Å². The fraction of sp³-hybridized carbons (Fsp3) is 0.278. The van der Waals surface area contributed by atoms with E-state index >= 15 is 0 Å². The summed E-state index contributed by atoms with van der Waals surface area (Å²) >= 11 is 5.85. The van der Waals surface area contributed by atoms with Crippen molar-refractivity contribution in [3.05, 3.63) is 69.7 Å². The molecule has 0 heterocycles. The second-order valence-corrected chi connectivity index (χ2v) is 5.94. The van der Waals surface area contributed by atoms with Crippen molar-refractivity contribution >= 4 is 17.5 Å². The van der Waals surface area contributed by atoms with Crippen molar-refractivity contribution < 1.29 is 4.79 Å². The van der Waals surface area contributed by atoms with Gasteiger partial charge in [0.25, 0.3) is 5.91 Å². The summed E-state index contributed by atoms with van der Waals surface area (Å²) in [6.07, 6.45) is 4.72. The van der Waals surface area contributed by atoms with Crippen LogP contribution in [-0.4, -0.2) is 5.91 Å². The van der Waals surface area contributed by atoms with Gasteiger partial charge in [-0.15, -0.1) is 0 Å². The van der Waals surface area contributed by atoms with Gasteiger partial charge in [-0.1, -0.05) is 29.8 Å². The van der Waals surface area contributed by atoms with E-state index in [9.17, 15) is 4.79 Å². The van der Waals surface area contributed by atoms with Crippen LogP contribution in [0.2, 0.25) is 5.02 Å². The highest BCUT2D eigenvalue weighted by atomic mass is 35.5. The highest BCUT2D eigenvalue weighted by Crippen LogP contribution is 2.22. The van der Waals surface area contributed by atoms with E-state index in [0.717, 1.165) is 24.0 Å². The maximum absolute atomic E-state index is 12.2. The number of carbonyl (C=O) groups excluding carboxylic acids is 1. The van der Waals surface area contributed by atoms with Crippen molar-refractivity contribution in [3.8, 4) is 0 Å². The predicted molar refractivity (Wildman–Crippen MR) is 85.7 cm³/mol. The van der Waals surface area contributed by atoms with E-state index in [1.807, 2.05) is 36.4 Å². The Balaban J connectivity index is 1.66. The lowest BCUT2D eigenvalue weighted by molar-refractivity contribution is 0.0951. The summed E-state index contributed by atoms with van der Waals surface area (Å²) in [5, 5.41) is 3.67. The summed E-state index contributed by atoms with van der Waals surface area (Å²) < 4.78 is 0. The molecule has 0 atom stereocenters. The van der Waals surface area contributed by atoms with Gasteiger partial charge in [-0.3, -0.25) is 4.79 Å². The molecule has 0 saturated heterocycles. The van der Waals surface area contributed by atoms with Gasteiger partial charge in [0.15, 0.2) is 0 Å². The quantitative estimate of drug-likeness (QED) is 0.906. The van der Waals surface area contributed by atoms with Gasteiger partial charge in [0, 0.05) is 17.1 Å². The molecular weight excluding hydrogens is 282 g/mol. The van der Waals surface area contributed by atoms with Crippen LogP contribution in [0.3, 0.4) is 0 Å². The van der Waals surface area contributed by atoms with Crippen molar-refractivity contribution in [2.45, 2.75) is 32.2 Å². The van der Waals surface area contributed by atoms with Gasteiger partial charge in [-0.05, 0) is 66.6 Å². The van der Waals surface area contributed by atoms with Crippen LogP contribution in [0.1, 0.15) is 39.9 Å². The molecule has 2 nitrogen and oxygen atoms in total. The first-order valence-electron chi connectivity index (χ1n) is 7.37. The van der Waals surface area contributed by atoms with Gasteiger partial charge in [0.2, 0.25) is 0 Å². The van der Waals surface area contributed by atoms with E-state index in [-0.39, 0.29) is 5.91 Å². The molecule has 0 bridgehead atoms. The van der Waals surface area contributed by atoms with Crippen LogP contribution >= 0.6 is 11.6 Å². The lowest BCUT2D eigenvalue weighted by Gasteiger charge is -2.16. The van der Waals surface area contributed by atoms with Crippen LogP contribution in [-0.2, 0) is 19.4 Å². The average molecular weight is 300 g/mol. The highest BCUT2D eigenvalue weighted by molar-refractivity contribution is 6.30. The van der Waals surface area contributed by atoms with Crippen LogP contribution in [0.4, 0.5) is 0 Å². The van der Waals surface area contributed by atoms with E-state index in [2.05, 4.69) is 11.4 Å². The molecule has 0 aliphatic heterocycles. The predicted octanol–water partition coefficient (Wildman–Crippen LogP) is 4.15. The lowest BCUT2D eigenvalue weighted by atomic mass is 9.90. The van der Waals surface area contributed by atoms with E-state index in [1.54, 1.807) is 0 Å². The fourth-order valence-corrected chi connectivity index (χ4v) is 2.89. The molecule has 0 saturated carbocycles. The first kappa shape index (κ1) is 14.2. The molecule has 0 aromatic heterocycles. The average Bonchev–Trinajstić information content (AvgIpc) is 2.53. The smallest absolute Gasteiger partial charge is 0.251 e. The number of carbonyl (C=O) groups is 1. The van der Waals surface area contributed by atoms with Crippen LogP contribution in [0.5, 0.6) is 0 Å². The number of rotatable bonds is 3. The number of amides is 1. The first-order chi connectivity index (χ1) is 10.2. The van der Waals surface area contributed by atoms with Crippen molar-refractivity contribution in [1.82, 2.24) is 5.32 Å². The highest BCUT2D eigenvalue weighted by Gasteiger charge is 2.12. The van der Waals surface area contributed by atoms with Gasteiger partial charge in [0.05, 0.1) is 0 Å². The van der Waals surface area contributed by atoms with Gasteiger partial charge < -0.3 is 5.32 Å². The Morgan fingerprint density at radius 1 is 1.00 bits per heavy atom. The monoisotopic (exact) mass is 299 g/mol. The number of hydrogen-bond acceptors (Lipinski definition) is 1. The van der Waals surface area contributed by atoms with Gasteiger partial charge >= 0.3 is 0 Å². The minimum atomic E-state index is -0.0154. The summed E-state index contributed by atoms with van der Waals surface area (Å²) in [6, 6.07) is 13.6. The molecule has 1 aliphatic rings. The molecule has 3 heteroatoms. The second kappa shape index (κ2) is 6.31.